The van der Waals surface area contributed by atoms with Crippen molar-refractivity contribution in [3.05, 3.63) is 65.5 Å². The highest BCUT2D eigenvalue weighted by atomic mass is 14.9. The van der Waals surface area contributed by atoms with Crippen molar-refractivity contribution in [1.82, 2.24) is 0 Å². The van der Waals surface area contributed by atoms with Crippen LogP contribution in [-0.2, 0) is 7.05 Å². The van der Waals surface area contributed by atoms with Gasteiger partial charge >= 0.3 is 0 Å². The summed E-state index contributed by atoms with van der Waals surface area (Å²) in [6, 6.07) is 13.1. The Labute approximate surface area is 112 Å². The first-order chi connectivity index (χ1) is 9.28. The molecule has 2 rings (SSSR count). The summed E-state index contributed by atoms with van der Waals surface area (Å²) in [4.78, 5) is 0. The lowest BCUT2D eigenvalue weighted by Gasteiger charge is -1.88. The number of pyridine rings is 1. The molecule has 0 atom stereocenters. The molecule has 0 aliphatic heterocycles. The Morgan fingerprint density at radius 3 is 1.79 bits per heavy atom. The molecule has 0 unspecified atom stereocenters. The average molecular weight is 243 g/mol. The quantitative estimate of drug-likeness (QED) is 0.512. The predicted molar refractivity (Wildman–Crippen MR) is 72.5 cm³/mol. The topological polar surface area (TPSA) is 27.7 Å². The number of aromatic nitrogens is 1. The summed E-state index contributed by atoms with van der Waals surface area (Å²) in [7, 11) is 1.96. The number of hydrogen-bond donors (Lipinski definition) is 0. The van der Waals surface area contributed by atoms with E-state index in [2.05, 4.69) is 29.8 Å². The largest absolute Gasteiger partial charge is 0.208 e. The predicted octanol–water partition coefficient (Wildman–Crippen LogP) is 1.79. The van der Waals surface area contributed by atoms with E-state index in [1.807, 2.05) is 48.3 Å². The SMILES string of the molecule is C[n+]1ccc(C#CC#Cc2ccc(C#N)cc2)cc1. The maximum atomic E-state index is 8.68. The molecule has 0 aliphatic carbocycles. The monoisotopic (exact) mass is 243 g/mol. The molecular formula is C17H11N2+. The third-order valence-electron chi connectivity index (χ3n) is 2.47. The van der Waals surface area contributed by atoms with Crippen LogP contribution in [0.15, 0.2) is 48.8 Å². The van der Waals surface area contributed by atoms with Crippen molar-refractivity contribution in [3.8, 4) is 29.8 Å². The maximum Gasteiger partial charge on any atom is 0.169 e. The molecule has 0 bridgehead atoms. The second kappa shape index (κ2) is 6.06. The van der Waals surface area contributed by atoms with Gasteiger partial charge in [0.25, 0.3) is 0 Å². The van der Waals surface area contributed by atoms with Crippen LogP contribution in [0.25, 0.3) is 0 Å². The fraction of sp³-hybridized carbons (Fsp3) is 0.0588. The molecule has 0 aliphatic rings. The van der Waals surface area contributed by atoms with E-state index in [-0.39, 0.29) is 0 Å². The molecule has 1 aromatic carbocycles. The van der Waals surface area contributed by atoms with Crippen molar-refractivity contribution in [2.24, 2.45) is 7.05 Å². The number of aryl methyl sites for hydroxylation is 1. The Morgan fingerprint density at radius 1 is 0.789 bits per heavy atom. The Bertz CT molecular complexity index is 725. The highest BCUT2D eigenvalue weighted by Gasteiger charge is 1.90. The summed E-state index contributed by atoms with van der Waals surface area (Å²) < 4.78 is 1.95. The second-order valence-corrected chi connectivity index (χ2v) is 3.94. The summed E-state index contributed by atoms with van der Waals surface area (Å²) in [5.74, 6) is 11.5. The van der Waals surface area contributed by atoms with Gasteiger partial charge in [0.15, 0.2) is 12.4 Å². The van der Waals surface area contributed by atoms with Gasteiger partial charge < -0.3 is 0 Å². The molecule has 19 heavy (non-hydrogen) atoms. The van der Waals surface area contributed by atoms with Crippen LogP contribution in [0.2, 0.25) is 0 Å². The minimum atomic E-state index is 0.633. The van der Waals surface area contributed by atoms with Crippen molar-refractivity contribution in [1.29, 1.82) is 5.26 Å². The van der Waals surface area contributed by atoms with E-state index in [1.165, 1.54) is 0 Å². The minimum absolute atomic E-state index is 0.633. The van der Waals surface area contributed by atoms with E-state index in [9.17, 15) is 0 Å². The Morgan fingerprint density at radius 2 is 1.26 bits per heavy atom. The molecule has 88 valence electrons. The molecule has 0 spiro atoms. The highest BCUT2D eigenvalue weighted by molar-refractivity contribution is 5.45. The summed E-state index contributed by atoms with van der Waals surface area (Å²) >= 11 is 0. The van der Waals surface area contributed by atoms with Gasteiger partial charge in [-0.1, -0.05) is 11.8 Å². The number of hydrogen-bond acceptors (Lipinski definition) is 1. The lowest BCUT2D eigenvalue weighted by Crippen LogP contribution is -2.25. The molecular weight excluding hydrogens is 232 g/mol. The number of rotatable bonds is 0. The number of nitrogens with zero attached hydrogens (tertiary/aromatic N) is 2. The van der Waals surface area contributed by atoms with Gasteiger partial charge in [-0.15, -0.1) is 0 Å². The van der Waals surface area contributed by atoms with Crippen LogP contribution < -0.4 is 4.57 Å². The van der Waals surface area contributed by atoms with Gasteiger partial charge in [-0.3, -0.25) is 0 Å². The Kier molecular flexibility index (Phi) is 3.97. The molecule has 0 saturated carbocycles. The molecule has 1 aromatic heterocycles. The average Bonchev–Trinajstić information content (AvgIpc) is 2.46. The van der Waals surface area contributed by atoms with Gasteiger partial charge in [0.05, 0.1) is 11.6 Å². The molecule has 2 nitrogen and oxygen atoms in total. The second-order valence-electron chi connectivity index (χ2n) is 3.94. The van der Waals surface area contributed by atoms with E-state index in [4.69, 9.17) is 5.26 Å². The van der Waals surface area contributed by atoms with Gasteiger partial charge in [0.2, 0.25) is 0 Å². The van der Waals surface area contributed by atoms with E-state index >= 15 is 0 Å². The third kappa shape index (κ3) is 3.74. The maximum absolute atomic E-state index is 8.68. The zero-order valence-electron chi connectivity index (χ0n) is 10.5. The minimum Gasteiger partial charge on any atom is -0.208 e. The van der Waals surface area contributed by atoms with Gasteiger partial charge in [0.1, 0.15) is 7.05 Å². The van der Waals surface area contributed by atoms with Crippen LogP contribution in [-0.4, -0.2) is 0 Å². The highest BCUT2D eigenvalue weighted by Crippen LogP contribution is 2.01. The van der Waals surface area contributed by atoms with E-state index in [0.29, 0.717) is 5.56 Å². The number of benzene rings is 1. The lowest BCUT2D eigenvalue weighted by atomic mass is 10.1. The fourth-order valence-electron chi connectivity index (χ4n) is 1.42. The van der Waals surface area contributed by atoms with E-state index < -0.39 is 0 Å². The van der Waals surface area contributed by atoms with E-state index in [0.717, 1.165) is 11.1 Å². The van der Waals surface area contributed by atoms with Gasteiger partial charge in [0, 0.05) is 23.3 Å². The summed E-state index contributed by atoms with van der Waals surface area (Å²) in [5, 5.41) is 8.68. The van der Waals surface area contributed by atoms with Crippen LogP contribution in [0.5, 0.6) is 0 Å². The van der Waals surface area contributed by atoms with Crippen LogP contribution >= 0.6 is 0 Å². The first-order valence-electron chi connectivity index (χ1n) is 5.75. The Balaban J connectivity index is 2.09. The molecule has 2 aromatic rings. The van der Waals surface area contributed by atoms with E-state index in [1.54, 1.807) is 12.1 Å². The van der Waals surface area contributed by atoms with Gasteiger partial charge in [-0.2, -0.15) is 5.26 Å². The van der Waals surface area contributed by atoms with Crippen LogP contribution in [0.3, 0.4) is 0 Å². The van der Waals surface area contributed by atoms with Crippen LogP contribution in [0.1, 0.15) is 16.7 Å². The van der Waals surface area contributed by atoms with Crippen LogP contribution in [0.4, 0.5) is 0 Å². The first kappa shape index (κ1) is 12.4. The van der Waals surface area contributed by atoms with Gasteiger partial charge in [-0.25, -0.2) is 4.57 Å². The number of nitriles is 1. The smallest absolute Gasteiger partial charge is 0.169 e. The molecule has 0 fully saturated rings. The van der Waals surface area contributed by atoms with Crippen molar-refractivity contribution < 1.29 is 4.57 Å². The summed E-state index contributed by atoms with van der Waals surface area (Å²) in [6.45, 7) is 0. The normalized spacial score (nSPS) is 8.42. The molecule has 0 saturated heterocycles. The first-order valence-corrected chi connectivity index (χ1v) is 5.75. The van der Waals surface area contributed by atoms with Crippen LogP contribution in [0, 0.1) is 35.0 Å². The fourth-order valence-corrected chi connectivity index (χ4v) is 1.42. The molecule has 0 amide bonds. The van der Waals surface area contributed by atoms with Crippen molar-refractivity contribution in [2.75, 3.05) is 0 Å². The molecule has 1 heterocycles. The lowest BCUT2D eigenvalue weighted by molar-refractivity contribution is -0.671. The summed E-state index contributed by atoms with van der Waals surface area (Å²) in [5.41, 5.74) is 2.42. The molecule has 0 radical (unpaired) electrons. The Hall–Kier alpha value is -3.02. The van der Waals surface area contributed by atoms with Crippen molar-refractivity contribution in [3.63, 3.8) is 0 Å². The molecule has 0 N–H and O–H groups in total. The van der Waals surface area contributed by atoms with Crippen molar-refractivity contribution >= 4 is 0 Å². The zero-order valence-corrected chi connectivity index (χ0v) is 10.5. The third-order valence-corrected chi connectivity index (χ3v) is 2.47. The van der Waals surface area contributed by atoms with Gasteiger partial charge in [-0.05, 0) is 36.1 Å². The molecule has 2 heteroatoms. The zero-order chi connectivity index (χ0) is 13.5. The van der Waals surface area contributed by atoms with Crippen molar-refractivity contribution in [2.45, 2.75) is 0 Å². The standard InChI is InChI=1S/C17H11N2/c1-19-12-10-16(11-13-19)5-3-2-4-15-6-8-17(14-18)9-7-15/h6-13H,1H3/q+1. The summed E-state index contributed by atoms with van der Waals surface area (Å²) in [6.07, 6.45) is 3.89.